The Balaban J connectivity index is 2.14. The van der Waals surface area contributed by atoms with Crippen LogP contribution in [0.3, 0.4) is 0 Å². The van der Waals surface area contributed by atoms with E-state index in [0.29, 0.717) is 12.0 Å². The number of para-hydroxylation sites is 1. The lowest BCUT2D eigenvalue weighted by molar-refractivity contribution is 0.198. The van der Waals surface area contributed by atoms with Gasteiger partial charge in [-0.25, -0.2) is 4.39 Å². The maximum atomic E-state index is 14.2. The summed E-state index contributed by atoms with van der Waals surface area (Å²) in [6.45, 7) is 9.56. The summed E-state index contributed by atoms with van der Waals surface area (Å²) < 4.78 is 14.2. The molecule has 0 saturated carbocycles. The summed E-state index contributed by atoms with van der Waals surface area (Å²) in [6.07, 6.45) is 2.30. The second kappa shape index (κ2) is 6.13. The number of nitrogens with one attached hydrogen (secondary N) is 1. The molecule has 0 aliphatic carbocycles. The molecule has 0 bridgehead atoms. The molecule has 0 spiro atoms. The van der Waals surface area contributed by atoms with Gasteiger partial charge in [0.1, 0.15) is 5.82 Å². The topological polar surface area (TPSA) is 15.3 Å². The van der Waals surface area contributed by atoms with Gasteiger partial charge in [-0.2, -0.15) is 0 Å². The van der Waals surface area contributed by atoms with Gasteiger partial charge in [0.2, 0.25) is 0 Å². The highest BCUT2D eigenvalue weighted by Gasteiger charge is 2.30. The van der Waals surface area contributed by atoms with Crippen molar-refractivity contribution in [2.45, 2.75) is 40.2 Å². The van der Waals surface area contributed by atoms with Crippen molar-refractivity contribution < 1.29 is 4.39 Å². The molecule has 0 radical (unpaired) electrons. The summed E-state index contributed by atoms with van der Waals surface area (Å²) in [5.74, 6) is 0.644. The van der Waals surface area contributed by atoms with E-state index in [1.54, 1.807) is 12.1 Å². The Morgan fingerprint density at radius 3 is 2.45 bits per heavy atom. The molecule has 2 rings (SSSR count). The first-order chi connectivity index (χ1) is 9.43. The Hall–Kier alpha value is -1.09. The number of nitrogens with zero attached hydrogens (tertiary/aromatic N) is 1. The Kier molecular flexibility index (Phi) is 4.69. The molecule has 3 heteroatoms. The first-order valence-corrected chi connectivity index (χ1v) is 7.60. The number of anilines is 1. The maximum absolute atomic E-state index is 14.2. The number of piperidine rings is 1. The molecule has 2 nitrogen and oxygen atoms in total. The Morgan fingerprint density at radius 1 is 1.25 bits per heavy atom. The highest BCUT2D eigenvalue weighted by Crippen LogP contribution is 2.36. The van der Waals surface area contributed by atoms with Gasteiger partial charge in [-0.05, 0) is 42.9 Å². The second-order valence-corrected chi connectivity index (χ2v) is 6.91. The summed E-state index contributed by atoms with van der Waals surface area (Å²) in [7, 11) is 1.90. The van der Waals surface area contributed by atoms with Crippen LogP contribution in [0.2, 0.25) is 0 Å². The number of hydrogen-bond acceptors (Lipinski definition) is 2. The van der Waals surface area contributed by atoms with E-state index in [1.165, 1.54) is 0 Å². The summed E-state index contributed by atoms with van der Waals surface area (Å²) in [5, 5.41) is 3.13. The van der Waals surface area contributed by atoms with Crippen molar-refractivity contribution in [1.82, 2.24) is 5.32 Å². The molecular formula is C17H27FN2. The van der Waals surface area contributed by atoms with Crippen LogP contribution in [-0.4, -0.2) is 20.1 Å². The summed E-state index contributed by atoms with van der Waals surface area (Å²) >= 11 is 0. The van der Waals surface area contributed by atoms with Gasteiger partial charge in [0.25, 0.3) is 0 Å². The van der Waals surface area contributed by atoms with Gasteiger partial charge < -0.3 is 10.2 Å². The van der Waals surface area contributed by atoms with Crippen LogP contribution in [0, 0.1) is 17.2 Å². The number of halogens is 1. The fraction of sp³-hybridized carbons (Fsp3) is 0.647. The Bertz CT molecular complexity index is 443. The standard InChI is InChI=1S/C17H27FN2/c1-17(2,3)14-8-10-20(11-9-14)16-13(12-19-4)6-5-7-15(16)18/h5-7,14,19H,8-12H2,1-4H3. The molecule has 0 atom stereocenters. The largest absolute Gasteiger partial charge is 0.369 e. The van der Waals surface area contributed by atoms with E-state index in [4.69, 9.17) is 0 Å². The molecule has 1 fully saturated rings. The lowest BCUT2D eigenvalue weighted by Gasteiger charge is -2.40. The minimum absolute atomic E-state index is 0.0908. The summed E-state index contributed by atoms with van der Waals surface area (Å²) in [5.41, 5.74) is 2.21. The summed E-state index contributed by atoms with van der Waals surface area (Å²) in [4.78, 5) is 2.23. The molecular weight excluding hydrogens is 251 g/mol. The van der Waals surface area contributed by atoms with Crippen molar-refractivity contribution in [3.63, 3.8) is 0 Å². The van der Waals surface area contributed by atoms with E-state index in [0.717, 1.165) is 43.1 Å². The highest BCUT2D eigenvalue weighted by molar-refractivity contribution is 5.55. The van der Waals surface area contributed by atoms with Crippen LogP contribution < -0.4 is 10.2 Å². The van der Waals surface area contributed by atoms with Gasteiger partial charge in [0.05, 0.1) is 5.69 Å². The Labute approximate surface area is 122 Å². The zero-order valence-electron chi connectivity index (χ0n) is 13.2. The van der Waals surface area contributed by atoms with Crippen molar-refractivity contribution in [3.05, 3.63) is 29.6 Å². The van der Waals surface area contributed by atoms with E-state index in [1.807, 2.05) is 13.1 Å². The van der Waals surface area contributed by atoms with Gasteiger partial charge >= 0.3 is 0 Å². The third kappa shape index (κ3) is 3.32. The number of rotatable bonds is 3. The highest BCUT2D eigenvalue weighted by atomic mass is 19.1. The predicted molar refractivity (Wildman–Crippen MR) is 83.6 cm³/mol. The van der Waals surface area contributed by atoms with Gasteiger partial charge in [0.15, 0.2) is 0 Å². The average Bonchev–Trinajstić information content (AvgIpc) is 2.38. The number of hydrogen-bond donors (Lipinski definition) is 1. The summed E-state index contributed by atoms with van der Waals surface area (Å²) in [6, 6.07) is 5.39. The molecule has 1 heterocycles. The van der Waals surface area contributed by atoms with Gasteiger partial charge in [0, 0.05) is 19.6 Å². The monoisotopic (exact) mass is 278 g/mol. The molecule has 20 heavy (non-hydrogen) atoms. The van der Waals surface area contributed by atoms with Crippen LogP contribution in [-0.2, 0) is 6.54 Å². The van der Waals surface area contributed by atoms with Crippen molar-refractivity contribution in [3.8, 4) is 0 Å². The zero-order chi connectivity index (χ0) is 14.8. The fourth-order valence-electron chi connectivity index (χ4n) is 3.22. The van der Waals surface area contributed by atoms with Crippen molar-refractivity contribution in [1.29, 1.82) is 0 Å². The maximum Gasteiger partial charge on any atom is 0.146 e. The molecule has 1 aliphatic heterocycles. The predicted octanol–water partition coefficient (Wildman–Crippen LogP) is 3.81. The smallest absolute Gasteiger partial charge is 0.146 e. The molecule has 0 unspecified atom stereocenters. The van der Waals surface area contributed by atoms with E-state index in [9.17, 15) is 4.39 Å². The van der Waals surface area contributed by atoms with E-state index >= 15 is 0 Å². The van der Waals surface area contributed by atoms with Crippen molar-refractivity contribution in [2.24, 2.45) is 11.3 Å². The first-order valence-electron chi connectivity index (χ1n) is 7.60. The van der Waals surface area contributed by atoms with Gasteiger partial charge in [-0.1, -0.05) is 32.9 Å². The average molecular weight is 278 g/mol. The van der Waals surface area contributed by atoms with Gasteiger partial charge in [-0.3, -0.25) is 0 Å². The second-order valence-electron chi connectivity index (χ2n) is 6.91. The van der Waals surface area contributed by atoms with Crippen LogP contribution in [0.4, 0.5) is 10.1 Å². The molecule has 0 aromatic heterocycles. The van der Waals surface area contributed by atoms with E-state index in [2.05, 4.69) is 31.0 Å². The molecule has 1 aliphatic rings. The minimum Gasteiger partial charge on any atom is -0.369 e. The third-order valence-electron chi connectivity index (χ3n) is 4.47. The van der Waals surface area contributed by atoms with Crippen LogP contribution >= 0.6 is 0 Å². The van der Waals surface area contributed by atoms with Crippen molar-refractivity contribution >= 4 is 5.69 Å². The van der Waals surface area contributed by atoms with Crippen molar-refractivity contribution in [2.75, 3.05) is 25.0 Å². The van der Waals surface area contributed by atoms with Crippen LogP contribution in [0.25, 0.3) is 0 Å². The normalized spacial score (nSPS) is 17.6. The molecule has 1 N–H and O–H groups in total. The molecule has 112 valence electrons. The van der Waals surface area contributed by atoms with E-state index < -0.39 is 0 Å². The van der Waals surface area contributed by atoms with Gasteiger partial charge in [-0.15, -0.1) is 0 Å². The third-order valence-corrected chi connectivity index (χ3v) is 4.47. The SMILES string of the molecule is CNCc1cccc(F)c1N1CCC(C(C)(C)C)CC1. The number of benzene rings is 1. The minimum atomic E-state index is -0.0908. The van der Waals surface area contributed by atoms with Crippen LogP contribution in [0.1, 0.15) is 39.2 Å². The van der Waals surface area contributed by atoms with E-state index in [-0.39, 0.29) is 5.82 Å². The lowest BCUT2D eigenvalue weighted by Crippen LogP contribution is -2.39. The fourth-order valence-corrected chi connectivity index (χ4v) is 3.22. The van der Waals surface area contributed by atoms with Crippen LogP contribution in [0.5, 0.6) is 0 Å². The quantitative estimate of drug-likeness (QED) is 0.904. The molecule has 0 amide bonds. The molecule has 1 saturated heterocycles. The molecule has 1 aromatic carbocycles. The first kappa shape index (κ1) is 15.3. The lowest BCUT2D eigenvalue weighted by atomic mass is 9.75. The molecule has 1 aromatic rings. The van der Waals surface area contributed by atoms with Crippen LogP contribution in [0.15, 0.2) is 18.2 Å². The zero-order valence-corrected chi connectivity index (χ0v) is 13.2. The Morgan fingerprint density at radius 2 is 1.90 bits per heavy atom.